The van der Waals surface area contributed by atoms with Gasteiger partial charge in [-0.25, -0.2) is 27.0 Å². The summed E-state index contributed by atoms with van der Waals surface area (Å²) >= 11 is 3.29. The third-order valence-electron chi connectivity index (χ3n) is 5.92. The van der Waals surface area contributed by atoms with E-state index in [4.69, 9.17) is 5.14 Å². The molecule has 0 fully saturated rings. The predicted molar refractivity (Wildman–Crippen MR) is 160 cm³/mol. The number of halogens is 1. The summed E-state index contributed by atoms with van der Waals surface area (Å²) in [5.41, 5.74) is 2.56. The lowest BCUT2D eigenvalue weighted by atomic mass is 9.95. The van der Waals surface area contributed by atoms with E-state index in [0.29, 0.717) is 33.6 Å². The maximum Gasteiger partial charge on any atom is 0.238 e. The van der Waals surface area contributed by atoms with E-state index >= 15 is 0 Å². The highest BCUT2D eigenvalue weighted by molar-refractivity contribution is 9.10. The summed E-state index contributed by atoms with van der Waals surface area (Å²) < 4.78 is 50.7. The SMILES string of the molecule is CS(=O)(=O)Nc1ccc(CC(=O)Nc2ccc(Br)cn2)c(CC(=O)c2ccc(-c3ccccc3S(N)(=O)=O)cc2)c1. The molecule has 1 aromatic heterocycles. The minimum absolute atomic E-state index is 0.0319. The number of amides is 1. The first-order valence-corrected chi connectivity index (χ1v) is 16.3. The van der Waals surface area contributed by atoms with Crippen LogP contribution in [0.15, 0.2) is 94.4 Å². The minimum Gasteiger partial charge on any atom is -0.310 e. The van der Waals surface area contributed by atoms with Gasteiger partial charge in [0.1, 0.15) is 5.82 Å². The second-order valence-corrected chi connectivity index (χ2v) is 13.4. The number of sulfonamides is 2. The van der Waals surface area contributed by atoms with Crippen molar-refractivity contribution >= 4 is 59.2 Å². The molecule has 41 heavy (non-hydrogen) atoms. The van der Waals surface area contributed by atoms with E-state index in [1.54, 1.807) is 66.9 Å². The number of primary sulfonamides is 1. The van der Waals surface area contributed by atoms with Gasteiger partial charge in [0.15, 0.2) is 5.78 Å². The van der Waals surface area contributed by atoms with E-state index in [0.717, 1.165) is 10.7 Å². The summed E-state index contributed by atoms with van der Waals surface area (Å²) in [4.78, 5) is 30.1. The van der Waals surface area contributed by atoms with Gasteiger partial charge in [-0.2, -0.15) is 0 Å². The molecule has 0 saturated carbocycles. The first kappa shape index (κ1) is 30.1. The van der Waals surface area contributed by atoms with Gasteiger partial charge in [-0.1, -0.05) is 48.5 Å². The smallest absolute Gasteiger partial charge is 0.238 e. The van der Waals surface area contributed by atoms with Gasteiger partial charge in [-0.05, 0) is 63.0 Å². The van der Waals surface area contributed by atoms with Crippen LogP contribution in [-0.4, -0.2) is 39.8 Å². The molecule has 0 aliphatic rings. The van der Waals surface area contributed by atoms with Crippen molar-refractivity contribution in [2.24, 2.45) is 5.14 Å². The molecule has 0 aliphatic heterocycles. The highest BCUT2D eigenvalue weighted by atomic mass is 79.9. The van der Waals surface area contributed by atoms with E-state index < -0.39 is 20.0 Å². The van der Waals surface area contributed by atoms with Gasteiger partial charge in [0.25, 0.3) is 0 Å². The van der Waals surface area contributed by atoms with E-state index in [1.807, 2.05) is 0 Å². The molecule has 3 aromatic carbocycles. The number of nitrogens with one attached hydrogen (secondary N) is 2. The Kier molecular flexibility index (Phi) is 9.02. The van der Waals surface area contributed by atoms with Crippen molar-refractivity contribution in [3.63, 3.8) is 0 Å². The van der Waals surface area contributed by atoms with Crippen LogP contribution in [0.1, 0.15) is 21.5 Å². The lowest BCUT2D eigenvalue weighted by Gasteiger charge is -2.13. The number of pyridine rings is 1. The quantitative estimate of drug-likeness (QED) is 0.216. The number of carbonyl (C=O) groups excluding carboxylic acids is 2. The molecule has 0 unspecified atom stereocenters. The number of rotatable bonds is 10. The van der Waals surface area contributed by atoms with Gasteiger partial charge < -0.3 is 5.32 Å². The van der Waals surface area contributed by atoms with Crippen LogP contribution in [0.2, 0.25) is 0 Å². The van der Waals surface area contributed by atoms with Crippen LogP contribution in [-0.2, 0) is 37.7 Å². The number of ketones is 1. The van der Waals surface area contributed by atoms with Crippen LogP contribution < -0.4 is 15.2 Å². The Bertz CT molecular complexity index is 1830. The number of hydrogen-bond donors (Lipinski definition) is 3. The number of aromatic nitrogens is 1. The summed E-state index contributed by atoms with van der Waals surface area (Å²) in [6.07, 6.45) is 2.36. The number of anilines is 2. The molecule has 212 valence electrons. The van der Waals surface area contributed by atoms with Gasteiger partial charge in [0, 0.05) is 33.9 Å². The van der Waals surface area contributed by atoms with Crippen molar-refractivity contribution in [2.45, 2.75) is 17.7 Å². The lowest BCUT2D eigenvalue weighted by Crippen LogP contribution is -2.17. The zero-order valence-corrected chi connectivity index (χ0v) is 24.9. The second kappa shape index (κ2) is 12.3. The van der Waals surface area contributed by atoms with Gasteiger partial charge >= 0.3 is 0 Å². The molecule has 10 nitrogen and oxygen atoms in total. The molecule has 4 rings (SSSR count). The van der Waals surface area contributed by atoms with Crippen LogP contribution in [0.3, 0.4) is 0 Å². The molecule has 1 amide bonds. The molecule has 0 atom stereocenters. The Morgan fingerprint density at radius 1 is 0.878 bits per heavy atom. The van der Waals surface area contributed by atoms with Gasteiger partial charge in [-0.15, -0.1) is 0 Å². The fourth-order valence-corrected chi connectivity index (χ4v) is 5.66. The predicted octanol–water partition coefficient (Wildman–Crippen LogP) is 4.14. The van der Waals surface area contributed by atoms with Gasteiger partial charge in [0.05, 0.1) is 17.6 Å². The molecule has 0 radical (unpaired) electrons. The van der Waals surface area contributed by atoms with Crippen molar-refractivity contribution in [1.29, 1.82) is 0 Å². The van der Waals surface area contributed by atoms with Gasteiger partial charge in [0.2, 0.25) is 26.0 Å². The van der Waals surface area contributed by atoms with Crippen molar-refractivity contribution in [1.82, 2.24) is 4.98 Å². The summed E-state index contributed by atoms with van der Waals surface area (Å²) in [7, 11) is -7.54. The van der Waals surface area contributed by atoms with Crippen LogP contribution >= 0.6 is 15.9 Å². The van der Waals surface area contributed by atoms with Crippen molar-refractivity contribution in [2.75, 3.05) is 16.3 Å². The number of benzene rings is 3. The van der Waals surface area contributed by atoms with E-state index in [1.165, 1.54) is 18.2 Å². The first-order valence-electron chi connectivity index (χ1n) is 12.0. The maximum atomic E-state index is 13.3. The standard InChI is InChI=1S/C28H25BrN4O6S2/c1-40(36,37)33-23-12-10-20(16-28(35)32-27-13-11-22(29)17-31-27)21(14-23)15-25(34)19-8-6-18(7-9-19)24-4-2-3-5-26(24)41(30,38)39/h2-14,17,33H,15-16H2,1H3,(H2,30,38,39)(H,31,32,35). The molecule has 0 aliphatic carbocycles. The molecule has 13 heteroatoms. The third-order valence-corrected chi connectivity index (χ3v) is 7.96. The number of nitrogens with two attached hydrogens (primary N) is 1. The maximum absolute atomic E-state index is 13.3. The second-order valence-electron chi connectivity index (χ2n) is 9.16. The summed E-state index contributed by atoms with van der Waals surface area (Å²) in [6, 6.07) is 20.7. The summed E-state index contributed by atoms with van der Waals surface area (Å²) in [6.45, 7) is 0. The average Bonchev–Trinajstić information content (AvgIpc) is 2.90. The highest BCUT2D eigenvalue weighted by Gasteiger charge is 2.17. The molecule has 0 spiro atoms. The molecule has 4 aromatic rings. The number of Topliss-reactive ketones (excluding diaryl/α,β-unsaturated/α-hetero) is 1. The fraction of sp³-hybridized carbons (Fsp3) is 0.107. The van der Waals surface area contributed by atoms with Crippen LogP contribution in [0, 0.1) is 0 Å². The van der Waals surface area contributed by atoms with Crippen LogP contribution in [0.25, 0.3) is 11.1 Å². The van der Waals surface area contributed by atoms with E-state index in [2.05, 4.69) is 31.0 Å². The minimum atomic E-state index is -3.96. The summed E-state index contributed by atoms with van der Waals surface area (Å²) in [5.74, 6) is -0.297. The Morgan fingerprint density at radius 2 is 1.59 bits per heavy atom. The molecule has 0 saturated heterocycles. The monoisotopic (exact) mass is 656 g/mol. The summed E-state index contributed by atoms with van der Waals surface area (Å²) in [5, 5.41) is 8.05. The Labute approximate surface area is 246 Å². The first-order chi connectivity index (χ1) is 19.3. The molecule has 1 heterocycles. The molecular weight excluding hydrogens is 632 g/mol. The van der Waals surface area contributed by atoms with E-state index in [-0.39, 0.29) is 35.1 Å². The molecule has 4 N–H and O–H groups in total. The highest BCUT2D eigenvalue weighted by Crippen LogP contribution is 2.27. The largest absolute Gasteiger partial charge is 0.310 e. The number of hydrogen-bond acceptors (Lipinski definition) is 7. The Balaban J connectivity index is 1.59. The molecule has 0 bridgehead atoms. The van der Waals surface area contributed by atoms with Crippen LogP contribution in [0.5, 0.6) is 0 Å². The molecular formula is C28H25BrN4O6S2. The zero-order chi connectivity index (χ0) is 29.8. The topological polar surface area (TPSA) is 165 Å². The Hall–Kier alpha value is -3.91. The number of nitrogens with zero attached hydrogens (tertiary/aromatic N) is 1. The number of carbonyl (C=O) groups is 2. The third kappa shape index (κ3) is 8.30. The van der Waals surface area contributed by atoms with E-state index in [9.17, 15) is 26.4 Å². The lowest BCUT2D eigenvalue weighted by molar-refractivity contribution is -0.115. The van der Waals surface area contributed by atoms with Crippen molar-refractivity contribution in [3.05, 3.63) is 106 Å². The Morgan fingerprint density at radius 3 is 2.22 bits per heavy atom. The van der Waals surface area contributed by atoms with Crippen molar-refractivity contribution < 1.29 is 26.4 Å². The van der Waals surface area contributed by atoms with Gasteiger partial charge in [-0.3, -0.25) is 14.3 Å². The zero-order valence-electron chi connectivity index (χ0n) is 21.7. The van der Waals surface area contributed by atoms with Crippen molar-refractivity contribution in [3.8, 4) is 11.1 Å². The normalized spacial score (nSPS) is 11.6. The average molecular weight is 658 g/mol. The van der Waals surface area contributed by atoms with Crippen LogP contribution in [0.4, 0.5) is 11.5 Å². The fourth-order valence-electron chi connectivity index (χ4n) is 4.11.